The molecule has 0 fully saturated rings. The van der Waals surface area contributed by atoms with Crippen molar-refractivity contribution in [2.75, 3.05) is 6.54 Å². The van der Waals surface area contributed by atoms with E-state index in [1.54, 1.807) is 11.3 Å². The SMILES string of the molecule is CCCCCNC(=O)C(C)NCc1cscc1C. The Labute approximate surface area is 114 Å². The maximum absolute atomic E-state index is 11.8. The van der Waals surface area contributed by atoms with Crippen LogP contribution >= 0.6 is 11.3 Å². The van der Waals surface area contributed by atoms with Crippen molar-refractivity contribution in [2.45, 2.75) is 52.6 Å². The minimum absolute atomic E-state index is 0.0963. The van der Waals surface area contributed by atoms with Crippen molar-refractivity contribution in [3.8, 4) is 0 Å². The topological polar surface area (TPSA) is 41.1 Å². The van der Waals surface area contributed by atoms with Crippen molar-refractivity contribution in [3.63, 3.8) is 0 Å². The van der Waals surface area contributed by atoms with Crippen LogP contribution < -0.4 is 10.6 Å². The highest BCUT2D eigenvalue weighted by atomic mass is 32.1. The first-order chi connectivity index (χ1) is 8.65. The fraction of sp³-hybridized carbons (Fsp3) is 0.643. The summed E-state index contributed by atoms with van der Waals surface area (Å²) in [7, 11) is 0. The maximum atomic E-state index is 11.8. The minimum atomic E-state index is -0.133. The van der Waals surface area contributed by atoms with E-state index in [0.29, 0.717) is 0 Å². The monoisotopic (exact) mass is 268 g/mol. The van der Waals surface area contributed by atoms with Gasteiger partial charge in [0.2, 0.25) is 5.91 Å². The molecule has 0 aliphatic carbocycles. The van der Waals surface area contributed by atoms with Crippen molar-refractivity contribution in [2.24, 2.45) is 0 Å². The summed E-state index contributed by atoms with van der Waals surface area (Å²) in [5.41, 5.74) is 2.58. The molecule has 1 amide bonds. The minimum Gasteiger partial charge on any atom is -0.355 e. The summed E-state index contributed by atoms with van der Waals surface area (Å²) in [6, 6.07) is -0.133. The summed E-state index contributed by atoms with van der Waals surface area (Å²) < 4.78 is 0. The molecule has 102 valence electrons. The smallest absolute Gasteiger partial charge is 0.236 e. The Hall–Kier alpha value is -0.870. The van der Waals surface area contributed by atoms with E-state index in [2.05, 4.69) is 35.2 Å². The van der Waals surface area contributed by atoms with Gasteiger partial charge in [0, 0.05) is 13.1 Å². The van der Waals surface area contributed by atoms with E-state index in [-0.39, 0.29) is 11.9 Å². The summed E-state index contributed by atoms with van der Waals surface area (Å²) in [6.45, 7) is 7.73. The first-order valence-corrected chi connectivity index (χ1v) is 7.62. The molecule has 0 saturated carbocycles. The summed E-state index contributed by atoms with van der Waals surface area (Å²) in [5, 5.41) is 10.5. The zero-order valence-corrected chi connectivity index (χ0v) is 12.4. The van der Waals surface area contributed by atoms with Crippen LogP contribution in [0.25, 0.3) is 0 Å². The second-order valence-corrected chi connectivity index (χ2v) is 5.42. The molecule has 0 aromatic carbocycles. The Morgan fingerprint density at radius 1 is 1.39 bits per heavy atom. The Bertz CT molecular complexity index is 362. The normalized spacial score (nSPS) is 12.4. The van der Waals surface area contributed by atoms with Crippen molar-refractivity contribution >= 4 is 17.2 Å². The average Bonchev–Trinajstić information content (AvgIpc) is 2.77. The van der Waals surface area contributed by atoms with Gasteiger partial charge in [-0.1, -0.05) is 19.8 Å². The van der Waals surface area contributed by atoms with Crippen LogP contribution in [-0.4, -0.2) is 18.5 Å². The van der Waals surface area contributed by atoms with Crippen LogP contribution in [0.4, 0.5) is 0 Å². The van der Waals surface area contributed by atoms with Gasteiger partial charge in [0.25, 0.3) is 0 Å². The highest BCUT2D eigenvalue weighted by molar-refractivity contribution is 7.08. The number of aryl methyl sites for hydroxylation is 1. The number of hydrogen-bond donors (Lipinski definition) is 2. The third-order valence-electron chi connectivity index (χ3n) is 3.03. The largest absolute Gasteiger partial charge is 0.355 e. The lowest BCUT2D eigenvalue weighted by molar-refractivity contribution is -0.122. The standard InChI is InChI=1S/C14H24N2OS/c1-4-5-6-7-15-14(17)12(3)16-8-13-10-18-9-11(13)2/h9-10,12,16H,4-8H2,1-3H3,(H,15,17). The maximum Gasteiger partial charge on any atom is 0.236 e. The molecular weight excluding hydrogens is 244 g/mol. The Morgan fingerprint density at radius 2 is 2.17 bits per heavy atom. The number of nitrogens with one attached hydrogen (secondary N) is 2. The van der Waals surface area contributed by atoms with E-state index in [1.807, 2.05) is 6.92 Å². The molecule has 3 nitrogen and oxygen atoms in total. The van der Waals surface area contributed by atoms with Crippen LogP contribution in [0.3, 0.4) is 0 Å². The molecule has 1 heterocycles. The van der Waals surface area contributed by atoms with Gasteiger partial charge in [-0.15, -0.1) is 0 Å². The molecule has 0 spiro atoms. The predicted molar refractivity (Wildman–Crippen MR) is 77.9 cm³/mol. The molecule has 0 aliphatic rings. The van der Waals surface area contributed by atoms with Crippen LogP contribution in [0.15, 0.2) is 10.8 Å². The summed E-state index contributed by atoms with van der Waals surface area (Å²) in [5.74, 6) is 0.0963. The van der Waals surface area contributed by atoms with Crippen LogP contribution in [0.1, 0.15) is 44.2 Å². The van der Waals surface area contributed by atoms with E-state index in [0.717, 1.165) is 19.5 Å². The molecule has 0 radical (unpaired) electrons. The molecular formula is C14H24N2OS. The van der Waals surface area contributed by atoms with Gasteiger partial charge in [-0.25, -0.2) is 0 Å². The molecule has 1 aromatic heterocycles. The third kappa shape index (κ3) is 5.19. The van der Waals surface area contributed by atoms with Crippen LogP contribution in [0, 0.1) is 6.92 Å². The fourth-order valence-electron chi connectivity index (χ4n) is 1.66. The van der Waals surface area contributed by atoms with Gasteiger partial charge in [-0.05, 0) is 42.2 Å². The summed E-state index contributed by atoms with van der Waals surface area (Å²) in [4.78, 5) is 11.8. The molecule has 0 bridgehead atoms. The predicted octanol–water partition coefficient (Wildman–Crippen LogP) is 2.84. The van der Waals surface area contributed by atoms with Gasteiger partial charge in [-0.2, -0.15) is 11.3 Å². The fourth-order valence-corrected chi connectivity index (χ4v) is 2.52. The van der Waals surface area contributed by atoms with Crippen LogP contribution in [0.2, 0.25) is 0 Å². The van der Waals surface area contributed by atoms with Crippen LogP contribution in [-0.2, 0) is 11.3 Å². The molecule has 18 heavy (non-hydrogen) atoms. The third-order valence-corrected chi connectivity index (χ3v) is 3.94. The first kappa shape index (κ1) is 15.2. The second-order valence-electron chi connectivity index (χ2n) is 4.68. The van der Waals surface area contributed by atoms with Gasteiger partial charge < -0.3 is 10.6 Å². The summed E-state index contributed by atoms with van der Waals surface area (Å²) in [6.07, 6.45) is 3.43. The average molecular weight is 268 g/mol. The van der Waals surface area contributed by atoms with Crippen molar-refractivity contribution in [1.29, 1.82) is 0 Å². The Balaban J connectivity index is 2.21. The molecule has 1 unspecified atom stereocenters. The van der Waals surface area contributed by atoms with E-state index in [1.165, 1.54) is 24.0 Å². The second kappa shape index (κ2) is 8.27. The lowest BCUT2D eigenvalue weighted by atomic mass is 10.2. The number of amides is 1. The molecule has 1 rings (SSSR count). The lowest BCUT2D eigenvalue weighted by Crippen LogP contribution is -2.42. The van der Waals surface area contributed by atoms with Gasteiger partial charge in [0.05, 0.1) is 6.04 Å². The first-order valence-electron chi connectivity index (χ1n) is 6.68. The molecule has 2 N–H and O–H groups in total. The number of carbonyl (C=O) groups excluding carboxylic acids is 1. The zero-order chi connectivity index (χ0) is 13.4. The number of rotatable bonds is 8. The molecule has 0 saturated heterocycles. The Morgan fingerprint density at radius 3 is 2.78 bits per heavy atom. The highest BCUT2D eigenvalue weighted by Gasteiger charge is 2.11. The quantitative estimate of drug-likeness (QED) is 0.712. The van der Waals surface area contributed by atoms with E-state index >= 15 is 0 Å². The Kier molecular flexibility index (Phi) is 6.98. The molecule has 1 aromatic rings. The zero-order valence-electron chi connectivity index (χ0n) is 11.6. The number of thiophene rings is 1. The van der Waals surface area contributed by atoms with Gasteiger partial charge in [0.1, 0.15) is 0 Å². The summed E-state index contributed by atoms with van der Waals surface area (Å²) >= 11 is 1.71. The van der Waals surface area contributed by atoms with Crippen molar-refractivity contribution in [1.82, 2.24) is 10.6 Å². The van der Waals surface area contributed by atoms with Gasteiger partial charge in [-0.3, -0.25) is 4.79 Å². The highest BCUT2D eigenvalue weighted by Crippen LogP contribution is 2.13. The van der Waals surface area contributed by atoms with E-state index in [9.17, 15) is 4.79 Å². The van der Waals surface area contributed by atoms with E-state index in [4.69, 9.17) is 0 Å². The van der Waals surface area contributed by atoms with Crippen molar-refractivity contribution < 1.29 is 4.79 Å². The van der Waals surface area contributed by atoms with Crippen LogP contribution in [0.5, 0.6) is 0 Å². The number of unbranched alkanes of at least 4 members (excludes halogenated alkanes) is 2. The molecule has 0 aliphatic heterocycles. The number of hydrogen-bond acceptors (Lipinski definition) is 3. The van der Waals surface area contributed by atoms with Crippen molar-refractivity contribution in [3.05, 3.63) is 21.9 Å². The van der Waals surface area contributed by atoms with E-state index < -0.39 is 0 Å². The molecule has 1 atom stereocenters. The van der Waals surface area contributed by atoms with Gasteiger partial charge >= 0.3 is 0 Å². The molecule has 4 heteroatoms. The number of carbonyl (C=O) groups is 1. The lowest BCUT2D eigenvalue weighted by Gasteiger charge is -2.14. The van der Waals surface area contributed by atoms with Gasteiger partial charge in [0.15, 0.2) is 0 Å².